The molecule has 4 nitrogen and oxygen atoms in total. The summed E-state index contributed by atoms with van der Waals surface area (Å²) < 4.78 is 0. The topological polar surface area (TPSA) is 65.8 Å². The van der Waals surface area contributed by atoms with Crippen molar-refractivity contribution in [1.29, 1.82) is 5.26 Å². The van der Waals surface area contributed by atoms with Crippen molar-refractivity contribution in [3.05, 3.63) is 72.1 Å². The van der Waals surface area contributed by atoms with Crippen molar-refractivity contribution in [2.45, 2.75) is 6.42 Å². The summed E-state index contributed by atoms with van der Waals surface area (Å²) in [5, 5.41) is 13.7. The summed E-state index contributed by atoms with van der Waals surface area (Å²) in [5.41, 5.74) is 2.06. The van der Waals surface area contributed by atoms with Crippen LogP contribution in [0, 0.1) is 11.3 Å². The molecule has 1 amide bonds. The third-order valence-corrected chi connectivity index (χ3v) is 3.36. The van der Waals surface area contributed by atoms with E-state index in [0.29, 0.717) is 11.3 Å². The molecule has 3 rings (SSSR count). The molecule has 1 heterocycles. The third kappa shape index (κ3) is 2.94. The number of carbonyl (C=O) groups is 1. The SMILES string of the molecule is N#Cc1cccc(CC(=O)Nc2cncc3ccccc23)c1. The first-order chi connectivity index (χ1) is 10.8. The Hall–Kier alpha value is -3.19. The minimum atomic E-state index is -0.131. The molecule has 0 aliphatic carbocycles. The molecule has 2 aromatic carbocycles. The van der Waals surface area contributed by atoms with Crippen molar-refractivity contribution >= 4 is 22.4 Å². The summed E-state index contributed by atoms with van der Waals surface area (Å²) >= 11 is 0. The van der Waals surface area contributed by atoms with Crippen LogP contribution in [-0.4, -0.2) is 10.9 Å². The zero-order valence-electron chi connectivity index (χ0n) is 11.8. The Morgan fingerprint density at radius 3 is 2.86 bits per heavy atom. The van der Waals surface area contributed by atoms with Crippen LogP contribution in [0.3, 0.4) is 0 Å². The largest absolute Gasteiger partial charge is 0.324 e. The van der Waals surface area contributed by atoms with Gasteiger partial charge in [-0.15, -0.1) is 0 Å². The number of amides is 1. The van der Waals surface area contributed by atoms with Crippen molar-refractivity contribution in [3.8, 4) is 6.07 Å². The molecule has 3 aromatic rings. The van der Waals surface area contributed by atoms with Crippen molar-refractivity contribution in [2.24, 2.45) is 0 Å². The summed E-state index contributed by atoms with van der Waals surface area (Å²) in [6, 6.07) is 16.9. The van der Waals surface area contributed by atoms with E-state index >= 15 is 0 Å². The van der Waals surface area contributed by atoms with Crippen LogP contribution in [0.4, 0.5) is 5.69 Å². The Morgan fingerprint density at radius 2 is 2.00 bits per heavy atom. The van der Waals surface area contributed by atoms with E-state index in [-0.39, 0.29) is 12.3 Å². The number of anilines is 1. The lowest BCUT2D eigenvalue weighted by atomic mass is 10.1. The maximum atomic E-state index is 12.2. The van der Waals surface area contributed by atoms with Gasteiger partial charge in [0.1, 0.15) is 0 Å². The molecule has 22 heavy (non-hydrogen) atoms. The fraction of sp³-hybridized carbons (Fsp3) is 0.0556. The van der Waals surface area contributed by atoms with Gasteiger partial charge >= 0.3 is 0 Å². The van der Waals surface area contributed by atoms with E-state index in [1.54, 1.807) is 30.6 Å². The number of nitrogens with one attached hydrogen (secondary N) is 1. The number of hydrogen-bond donors (Lipinski definition) is 1. The number of fused-ring (bicyclic) bond motifs is 1. The van der Waals surface area contributed by atoms with Gasteiger partial charge in [-0.1, -0.05) is 36.4 Å². The van der Waals surface area contributed by atoms with Crippen LogP contribution in [0.2, 0.25) is 0 Å². The lowest BCUT2D eigenvalue weighted by molar-refractivity contribution is -0.115. The second-order valence-electron chi connectivity index (χ2n) is 4.95. The summed E-state index contributed by atoms with van der Waals surface area (Å²) in [4.78, 5) is 16.3. The molecule has 0 aliphatic heterocycles. The second kappa shape index (κ2) is 6.06. The fourth-order valence-corrected chi connectivity index (χ4v) is 2.35. The molecule has 106 valence electrons. The van der Waals surface area contributed by atoms with Crippen molar-refractivity contribution < 1.29 is 4.79 Å². The van der Waals surface area contributed by atoms with E-state index in [0.717, 1.165) is 16.3 Å². The average molecular weight is 287 g/mol. The molecule has 1 N–H and O–H groups in total. The maximum absolute atomic E-state index is 12.2. The lowest BCUT2D eigenvalue weighted by Gasteiger charge is -2.08. The van der Waals surface area contributed by atoms with Gasteiger partial charge in [0.25, 0.3) is 0 Å². The number of carbonyl (C=O) groups excluding carboxylic acids is 1. The minimum absolute atomic E-state index is 0.131. The zero-order valence-corrected chi connectivity index (χ0v) is 11.8. The van der Waals surface area contributed by atoms with Crippen LogP contribution in [0.5, 0.6) is 0 Å². The van der Waals surface area contributed by atoms with Gasteiger partial charge in [0.15, 0.2) is 0 Å². The van der Waals surface area contributed by atoms with Gasteiger partial charge in [0.05, 0.1) is 29.9 Å². The minimum Gasteiger partial charge on any atom is -0.324 e. The molecular formula is C18H13N3O. The van der Waals surface area contributed by atoms with Crippen molar-refractivity contribution in [2.75, 3.05) is 5.32 Å². The highest BCUT2D eigenvalue weighted by Gasteiger charge is 2.07. The van der Waals surface area contributed by atoms with Crippen molar-refractivity contribution in [3.63, 3.8) is 0 Å². The molecule has 0 unspecified atom stereocenters. The van der Waals surface area contributed by atoms with Crippen LogP contribution in [-0.2, 0) is 11.2 Å². The summed E-state index contributed by atoms with van der Waals surface area (Å²) in [6.07, 6.45) is 3.63. The molecule has 0 spiro atoms. The standard InChI is InChI=1S/C18H13N3O/c19-10-14-5-3-4-13(8-14)9-18(22)21-17-12-20-11-15-6-1-2-7-16(15)17/h1-8,11-12H,9H2,(H,21,22). The zero-order chi connectivity index (χ0) is 15.4. The highest BCUT2D eigenvalue weighted by Crippen LogP contribution is 2.21. The van der Waals surface area contributed by atoms with Crippen LogP contribution in [0.25, 0.3) is 10.8 Å². The van der Waals surface area contributed by atoms with Gasteiger partial charge in [-0.3, -0.25) is 9.78 Å². The van der Waals surface area contributed by atoms with Crippen LogP contribution < -0.4 is 5.32 Å². The summed E-state index contributed by atoms with van der Waals surface area (Å²) in [6.45, 7) is 0. The maximum Gasteiger partial charge on any atom is 0.228 e. The molecule has 0 radical (unpaired) electrons. The fourth-order valence-electron chi connectivity index (χ4n) is 2.35. The highest BCUT2D eigenvalue weighted by molar-refractivity contribution is 6.02. The number of nitrogens with zero attached hydrogens (tertiary/aromatic N) is 2. The van der Waals surface area contributed by atoms with Gasteiger partial charge in [-0.2, -0.15) is 5.26 Å². The van der Waals surface area contributed by atoms with Crippen LogP contribution in [0.15, 0.2) is 60.9 Å². The summed E-state index contributed by atoms with van der Waals surface area (Å²) in [5.74, 6) is -0.131. The molecule has 0 atom stereocenters. The number of pyridine rings is 1. The van der Waals surface area contributed by atoms with Gasteiger partial charge in [-0.25, -0.2) is 0 Å². The number of aromatic nitrogens is 1. The van der Waals surface area contributed by atoms with Crippen LogP contribution >= 0.6 is 0 Å². The number of benzene rings is 2. The lowest BCUT2D eigenvalue weighted by Crippen LogP contribution is -2.14. The predicted molar refractivity (Wildman–Crippen MR) is 85.2 cm³/mol. The molecular weight excluding hydrogens is 274 g/mol. The Balaban J connectivity index is 1.80. The molecule has 1 aromatic heterocycles. The van der Waals surface area contributed by atoms with Crippen LogP contribution in [0.1, 0.15) is 11.1 Å². The Labute approximate surface area is 128 Å². The molecule has 0 saturated carbocycles. The first kappa shape index (κ1) is 13.8. The molecule has 0 aliphatic rings. The normalized spacial score (nSPS) is 10.1. The number of hydrogen-bond acceptors (Lipinski definition) is 3. The van der Waals surface area contributed by atoms with Gasteiger partial charge < -0.3 is 5.32 Å². The molecule has 0 saturated heterocycles. The number of rotatable bonds is 3. The first-order valence-electron chi connectivity index (χ1n) is 6.88. The molecule has 0 fully saturated rings. The third-order valence-electron chi connectivity index (χ3n) is 3.36. The van der Waals surface area contributed by atoms with E-state index in [4.69, 9.17) is 5.26 Å². The van der Waals surface area contributed by atoms with Crippen molar-refractivity contribution in [1.82, 2.24) is 4.98 Å². The van der Waals surface area contributed by atoms with E-state index in [9.17, 15) is 4.79 Å². The quantitative estimate of drug-likeness (QED) is 0.803. The predicted octanol–water partition coefficient (Wildman–Crippen LogP) is 3.29. The smallest absolute Gasteiger partial charge is 0.228 e. The Bertz CT molecular complexity index is 875. The first-order valence-corrected chi connectivity index (χ1v) is 6.88. The average Bonchev–Trinajstić information content (AvgIpc) is 2.55. The van der Waals surface area contributed by atoms with Gasteiger partial charge in [0.2, 0.25) is 5.91 Å². The van der Waals surface area contributed by atoms with Gasteiger partial charge in [0, 0.05) is 17.0 Å². The number of nitriles is 1. The Kier molecular flexibility index (Phi) is 3.80. The second-order valence-corrected chi connectivity index (χ2v) is 4.95. The molecule has 0 bridgehead atoms. The van der Waals surface area contributed by atoms with E-state index < -0.39 is 0 Å². The summed E-state index contributed by atoms with van der Waals surface area (Å²) in [7, 11) is 0. The van der Waals surface area contributed by atoms with E-state index in [1.165, 1.54) is 0 Å². The van der Waals surface area contributed by atoms with Gasteiger partial charge in [-0.05, 0) is 17.7 Å². The molecule has 4 heteroatoms. The van der Waals surface area contributed by atoms with E-state index in [2.05, 4.69) is 16.4 Å². The monoisotopic (exact) mass is 287 g/mol. The highest BCUT2D eigenvalue weighted by atomic mass is 16.1. The Morgan fingerprint density at radius 1 is 1.14 bits per heavy atom. The van der Waals surface area contributed by atoms with E-state index in [1.807, 2.05) is 30.3 Å².